The van der Waals surface area contributed by atoms with Gasteiger partial charge in [0.25, 0.3) is 0 Å². The van der Waals surface area contributed by atoms with Crippen molar-refractivity contribution < 1.29 is 24.2 Å². The zero-order valence-electron chi connectivity index (χ0n) is 20.5. The minimum Gasteiger partial charge on any atom is -0.481 e. The number of carbonyl (C=O) groups excluding carboxylic acids is 1. The SMILES string of the molecule is O=C(O)CC(NC(=O)[C@@H]1CCCN(CCCc2ccc3c(n2)NCCC3)C1)c1ccc2c(c1)OCO2. The summed E-state index contributed by atoms with van der Waals surface area (Å²) < 4.78 is 10.8. The summed E-state index contributed by atoms with van der Waals surface area (Å²) in [4.78, 5) is 31.8. The van der Waals surface area contributed by atoms with Crippen LogP contribution in [0.1, 0.15) is 55.0 Å². The highest BCUT2D eigenvalue weighted by Gasteiger charge is 2.29. The molecular formula is C27H34N4O5. The Hall–Kier alpha value is -3.33. The Kier molecular flexibility index (Phi) is 7.55. The highest BCUT2D eigenvalue weighted by atomic mass is 16.7. The number of benzene rings is 1. The number of nitrogens with one attached hydrogen (secondary N) is 2. The molecule has 1 unspecified atom stereocenters. The van der Waals surface area contributed by atoms with E-state index >= 15 is 0 Å². The summed E-state index contributed by atoms with van der Waals surface area (Å²) in [7, 11) is 0. The Morgan fingerprint density at radius 1 is 1.19 bits per heavy atom. The summed E-state index contributed by atoms with van der Waals surface area (Å²) >= 11 is 0. The number of hydrogen-bond donors (Lipinski definition) is 3. The summed E-state index contributed by atoms with van der Waals surface area (Å²) in [6.07, 6.45) is 5.71. The van der Waals surface area contributed by atoms with Gasteiger partial charge in [-0.05, 0) is 80.9 Å². The second-order valence-electron chi connectivity index (χ2n) is 9.86. The second-order valence-corrected chi connectivity index (χ2v) is 9.86. The molecule has 0 bridgehead atoms. The first-order valence-electron chi connectivity index (χ1n) is 12.9. The largest absolute Gasteiger partial charge is 0.481 e. The average Bonchev–Trinajstić information content (AvgIpc) is 3.36. The van der Waals surface area contributed by atoms with Crippen molar-refractivity contribution in [2.75, 3.05) is 38.3 Å². The number of ether oxygens (including phenoxy) is 2. The number of carboxylic acids is 1. The quantitative estimate of drug-likeness (QED) is 0.487. The lowest BCUT2D eigenvalue weighted by Crippen LogP contribution is -2.44. The summed E-state index contributed by atoms with van der Waals surface area (Å²) in [5, 5.41) is 15.8. The van der Waals surface area contributed by atoms with Crippen LogP contribution in [0.2, 0.25) is 0 Å². The van der Waals surface area contributed by atoms with E-state index in [0.29, 0.717) is 23.6 Å². The molecule has 0 saturated carbocycles. The normalized spacial score (nSPS) is 19.7. The predicted molar refractivity (Wildman–Crippen MR) is 134 cm³/mol. The van der Waals surface area contributed by atoms with Crippen molar-refractivity contribution in [3.63, 3.8) is 0 Å². The van der Waals surface area contributed by atoms with E-state index in [1.54, 1.807) is 18.2 Å². The molecule has 0 spiro atoms. The van der Waals surface area contributed by atoms with E-state index in [1.807, 2.05) is 0 Å². The number of anilines is 1. The molecule has 3 N–H and O–H groups in total. The maximum atomic E-state index is 13.2. The summed E-state index contributed by atoms with van der Waals surface area (Å²) in [6, 6.07) is 9.01. The highest BCUT2D eigenvalue weighted by Crippen LogP contribution is 2.35. The van der Waals surface area contributed by atoms with E-state index in [0.717, 1.165) is 69.7 Å². The van der Waals surface area contributed by atoms with Crippen LogP contribution in [0.3, 0.4) is 0 Å². The third kappa shape index (κ3) is 5.90. The van der Waals surface area contributed by atoms with Gasteiger partial charge in [-0.1, -0.05) is 12.1 Å². The minimum atomic E-state index is -0.964. The molecule has 5 rings (SSSR count). The maximum Gasteiger partial charge on any atom is 0.305 e. The number of aromatic nitrogens is 1. The van der Waals surface area contributed by atoms with Gasteiger partial charge in [-0.15, -0.1) is 0 Å². The van der Waals surface area contributed by atoms with Gasteiger partial charge in [0.1, 0.15) is 5.82 Å². The van der Waals surface area contributed by atoms with E-state index in [9.17, 15) is 14.7 Å². The lowest BCUT2D eigenvalue weighted by molar-refractivity contribution is -0.138. The molecule has 4 heterocycles. The zero-order chi connectivity index (χ0) is 24.9. The number of rotatable bonds is 9. The summed E-state index contributed by atoms with van der Waals surface area (Å²) in [5.74, 6) is 1.02. The topological polar surface area (TPSA) is 113 Å². The number of aliphatic carboxylic acids is 1. The molecule has 3 aliphatic rings. The lowest BCUT2D eigenvalue weighted by Gasteiger charge is -2.33. The van der Waals surface area contributed by atoms with Crippen molar-refractivity contribution in [3.05, 3.63) is 47.2 Å². The number of piperidine rings is 1. The van der Waals surface area contributed by atoms with Gasteiger partial charge in [-0.3, -0.25) is 9.59 Å². The van der Waals surface area contributed by atoms with Crippen LogP contribution in [0, 0.1) is 5.92 Å². The number of fused-ring (bicyclic) bond motifs is 2. The van der Waals surface area contributed by atoms with Crippen LogP contribution in [0.4, 0.5) is 5.82 Å². The molecular weight excluding hydrogens is 460 g/mol. The fourth-order valence-corrected chi connectivity index (χ4v) is 5.31. The molecule has 9 heteroatoms. The fourth-order valence-electron chi connectivity index (χ4n) is 5.31. The Labute approximate surface area is 211 Å². The standard InChI is InChI=1S/C27H34N4O5/c32-25(33)15-22(19-8-10-23-24(14-19)36-17-35-23)30-27(34)20-5-2-12-31(16-20)13-3-6-21-9-7-18-4-1-11-28-26(18)29-21/h7-10,14,20,22H,1-6,11-13,15-17H2,(H,28,29)(H,30,34)(H,32,33)/t20-,22?/m1/s1. The van der Waals surface area contributed by atoms with Gasteiger partial charge < -0.3 is 30.1 Å². The Balaban J connectivity index is 1.14. The summed E-state index contributed by atoms with van der Waals surface area (Å²) in [5.41, 5.74) is 3.11. The first kappa shape index (κ1) is 24.4. The van der Waals surface area contributed by atoms with Crippen molar-refractivity contribution >= 4 is 17.7 Å². The first-order chi connectivity index (χ1) is 17.5. The molecule has 0 aliphatic carbocycles. The Bertz CT molecular complexity index is 1110. The smallest absolute Gasteiger partial charge is 0.305 e. The number of likely N-dealkylation sites (tertiary alicyclic amines) is 1. The Morgan fingerprint density at radius 3 is 2.97 bits per heavy atom. The number of carboxylic acid groups (broad SMARTS) is 1. The molecule has 2 aromatic rings. The third-order valence-electron chi connectivity index (χ3n) is 7.23. The highest BCUT2D eigenvalue weighted by molar-refractivity contribution is 5.80. The van der Waals surface area contributed by atoms with Gasteiger partial charge in [-0.2, -0.15) is 0 Å². The van der Waals surface area contributed by atoms with Crippen LogP contribution in [0.25, 0.3) is 0 Å². The molecule has 1 amide bonds. The van der Waals surface area contributed by atoms with Gasteiger partial charge in [0.05, 0.1) is 18.4 Å². The number of aryl methyl sites for hydroxylation is 2. The van der Waals surface area contributed by atoms with Crippen molar-refractivity contribution in [1.29, 1.82) is 0 Å². The Morgan fingerprint density at radius 2 is 2.08 bits per heavy atom. The molecule has 0 radical (unpaired) electrons. The monoisotopic (exact) mass is 494 g/mol. The fraction of sp³-hybridized carbons (Fsp3) is 0.519. The number of pyridine rings is 1. The van der Waals surface area contributed by atoms with Crippen molar-refractivity contribution in [1.82, 2.24) is 15.2 Å². The second kappa shape index (κ2) is 11.2. The van der Waals surface area contributed by atoms with Gasteiger partial charge in [0, 0.05) is 18.8 Å². The first-order valence-corrected chi connectivity index (χ1v) is 12.9. The molecule has 2 atom stereocenters. The zero-order valence-corrected chi connectivity index (χ0v) is 20.5. The molecule has 9 nitrogen and oxygen atoms in total. The van der Waals surface area contributed by atoms with Crippen LogP contribution in [-0.4, -0.2) is 59.8 Å². The maximum absolute atomic E-state index is 13.2. The number of amides is 1. The van der Waals surface area contributed by atoms with E-state index in [1.165, 1.54) is 5.56 Å². The number of carbonyl (C=O) groups is 2. The minimum absolute atomic E-state index is 0.0916. The van der Waals surface area contributed by atoms with Crippen molar-refractivity contribution in [3.8, 4) is 11.5 Å². The molecule has 1 fully saturated rings. The van der Waals surface area contributed by atoms with Crippen LogP contribution in [0.15, 0.2) is 30.3 Å². The van der Waals surface area contributed by atoms with Gasteiger partial charge in [0.15, 0.2) is 11.5 Å². The predicted octanol–water partition coefficient (Wildman–Crippen LogP) is 3.15. The van der Waals surface area contributed by atoms with E-state index in [-0.39, 0.29) is 25.0 Å². The van der Waals surface area contributed by atoms with E-state index in [2.05, 4.69) is 27.7 Å². The molecule has 192 valence electrons. The average molecular weight is 495 g/mol. The number of nitrogens with zero attached hydrogens (tertiary/aromatic N) is 2. The van der Waals surface area contributed by atoms with Crippen LogP contribution < -0.4 is 20.1 Å². The van der Waals surface area contributed by atoms with E-state index < -0.39 is 12.0 Å². The third-order valence-corrected chi connectivity index (χ3v) is 7.23. The van der Waals surface area contributed by atoms with Crippen LogP contribution in [0.5, 0.6) is 11.5 Å². The number of hydrogen-bond acceptors (Lipinski definition) is 7. The molecule has 1 saturated heterocycles. The van der Waals surface area contributed by atoms with Crippen molar-refractivity contribution in [2.45, 2.75) is 51.0 Å². The van der Waals surface area contributed by atoms with Gasteiger partial charge in [0.2, 0.25) is 12.7 Å². The molecule has 36 heavy (non-hydrogen) atoms. The van der Waals surface area contributed by atoms with Gasteiger partial charge in [-0.25, -0.2) is 4.98 Å². The molecule has 1 aromatic carbocycles. The molecule has 3 aliphatic heterocycles. The van der Waals surface area contributed by atoms with Gasteiger partial charge >= 0.3 is 5.97 Å². The molecule has 1 aromatic heterocycles. The lowest BCUT2D eigenvalue weighted by atomic mass is 9.95. The van der Waals surface area contributed by atoms with Crippen molar-refractivity contribution in [2.24, 2.45) is 5.92 Å². The van der Waals surface area contributed by atoms with Crippen LogP contribution in [-0.2, 0) is 22.4 Å². The van der Waals surface area contributed by atoms with Crippen LogP contribution >= 0.6 is 0 Å². The van der Waals surface area contributed by atoms with E-state index in [4.69, 9.17) is 14.5 Å². The summed E-state index contributed by atoms with van der Waals surface area (Å²) in [6.45, 7) is 3.71.